The number of nitrogens with one attached hydrogen (secondary N) is 1. The molecule has 0 aliphatic rings. The van der Waals surface area contributed by atoms with Crippen molar-refractivity contribution in [1.82, 2.24) is 4.98 Å². The van der Waals surface area contributed by atoms with Gasteiger partial charge >= 0.3 is 17.8 Å². The molecule has 2 rings (SSSR count). The van der Waals surface area contributed by atoms with E-state index < -0.39 is 17.8 Å². The van der Waals surface area contributed by atoms with Crippen molar-refractivity contribution in [3.8, 4) is 0 Å². The summed E-state index contributed by atoms with van der Waals surface area (Å²) in [7, 11) is 0. The van der Waals surface area contributed by atoms with Crippen LogP contribution in [0.5, 0.6) is 0 Å². The smallest absolute Gasteiger partial charge is 0.394 e. The van der Waals surface area contributed by atoms with Gasteiger partial charge in [0.05, 0.1) is 4.70 Å². The first-order valence-corrected chi connectivity index (χ1v) is 5.46. The van der Waals surface area contributed by atoms with Crippen LogP contribution in [0.25, 0.3) is 10.1 Å². The van der Waals surface area contributed by atoms with Gasteiger partial charge in [-0.15, -0.1) is 11.3 Å². The molecule has 8 heteroatoms. The maximum Gasteiger partial charge on any atom is 0.394 e. The molecule has 92 valence electrons. The highest BCUT2D eigenvalue weighted by atomic mass is 32.1. The lowest BCUT2D eigenvalue weighted by Crippen LogP contribution is -2.22. The van der Waals surface area contributed by atoms with Gasteiger partial charge in [0.15, 0.2) is 0 Å². The number of anilines is 1. The number of hydrogen-bond acceptors (Lipinski definition) is 5. The summed E-state index contributed by atoms with van der Waals surface area (Å²) < 4.78 is 0.551. The summed E-state index contributed by atoms with van der Waals surface area (Å²) in [5.74, 6) is -4.20. The van der Waals surface area contributed by atoms with Crippen LogP contribution < -0.4 is 5.32 Å². The molecule has 0 atom stereocenters. The molecule has 18 heavy (non-hydrogen) atoms. The number of carboxylic acids is 2. The number of amides is 1. The Hall–Kier alpha value is -2.48. The van der Waals surface area contributed by atoms with Crippen LogP contribution in [0.2, 0.25) is 0 Å². The van der Waals surface area contributed by atoms with Crippen LogP contribution in [-0.4, -0.2) is 33.0 Å². The lowest BCUT2D eigenvalue weighted by atomic mass is 10.2. The molecule has 0 aliphatic heterocycles. The predicted molar refractivity (Wildman–Crippen MR) is 62.8 cm³/mol. The van der Waals surface area contributed by atoms with Crippen LogP contribution in [0.15, 0.2) is 18.5 Å². The van der Waals surface area contributed by atoms with Crippen molar-refractivity contribution in [3.63, 3.8) is 0 Å². The maximum atomic E-state index is 11.1. The van der Waals surface area contributed by atoms with E-state index in [4.69, 9.17) is 10.2 Å². The van der Waals surface area contributed by atoms with Gasteiger partial charge in [0.1, 0.15) is 10.6 Å². The molecule has 7 nitrogen and oxygen atoms in total. The summed E-state index contributed by atoms with van der Waals surface area (Å²) in [6, 6.07) is 1.49. The molecule has 0 saturated heterocycles. The minimum atomic E-state index is -1.68. The third-order valence-electron chi connectivity index (χ3n) is 2.13. The van der Waals surface area contributed by atoms with E-state index in [9.17, 15) is 14.4 Å². The number of thiophene rings is 1. The molecule has 0 unspecified atom stereocenters. The first kappa shape index (κ1) is 12.0. The molecule has 0 bridgehead atoms. The molecule has 1 amide bonds. The molecule has 0 aliphatic carbocycles. The Morgan fingerprint density at radius 1 is 1.28 bits per heavy atom. The Kier molecular flexibility index (Phi) is 2.94. The summed E-state index contributed by atoms with van der Waals surface area (Å²) in [6.45, 7) is 0. The Morgan fingerprint density at radius 2 is 2.00 bits per heavy atom. The summed E-state index contributed by atoms with van der Waals surface area (Å²) in [5.41, 5.74) is -0.132. The normalized spacial score (nSPS) is 10.2. The zero-order valence-corrected chi connectivity index (χ0v) is 9.52. The Labute approximate surface area is 104 Å². The second-order valence-corrected chi connectivity index (χ2v) is 4.29. The summed E-state index contributed by atoms with van der Waals surface area (Å²) in [5, 5.41) is 20.0. The number of aromatic nitrogens is 1. The quantitative estimate of drug-likeness (QED) is 0.698. The van der Waals surface area contributed by atoms with Crippen LogP contribution in [0.4, 0.5) is 5.00 Å². The fraction of sp³-hybridized carbons (Fsp3) is 0. The fourth-order valence-corrected chi connectivity index (χ4v) is 2.46. The van der Waals surface area contributed by atoms with Gasteiger partial charge in [-0.1, -0.05) is 0 Å². The van der Waals surface area contributed by atoms with Gasteiger partial charge in [-0.2, -0.15) is 0 Å². The highest BCUT2D eigenvalue weighted by Crippen LogP contribution is 2.34. The van der Waals surface area contributed by atoms with Crippen LogP contribution >= 0.6 is 11.3 Å². The van der Waals surface area contributed by atoms with Crippen LogP contribution in [0.1, 0.15) is 10.4 Å². The molecule has 0 fully saturated rings. The topological polar surface area (TPSA) is 117 Å². The highest BCUT2D eigenvalue weighted by molar-refractivity contribution is 7.23. The Balaban J connectivity index is 2.56. The van der Waals surface area contributed by atoms with Gasteiger partial charge in [-0.25, -0.2) is 9.59 Å². The number of carbonyl (C=O) groups excluding carboxylic acids is 1. The molecule has 0 radical (unpaired) electrons. The van der Waals surface area contributed by atoms with Crippen molar-refractivity contribution in [2.24, 2.45) is 0 Å². The van der Waals surface area contributed by atoms with Gasteiger partial charge < -0.3 is 15.5 Å². The van der Waals surface area contributed by atoms with Gasteiger partial charge in [-0.05, 0) is 6.07 Å². The van der Waals surface area contributed by atoms with Crippen LogP contribution in [0, 0.1) is 0 Å². The molecular formula is C10H6N2O5S. The zero-order valence-electron chi connectivity index (χ0n) is 8.71. The number of rotatable bonds is 2. The average Bonchev–Trinajstić information content (AvgIpc) is 2.66. The maximum absolute atomic E-state index is 11.1. The first-order valence-electron chi connectivity index (χ1n) is 4.64. The van der Waals surface area contributed by atoms with E-state index in [1.54, 1.807) is 0 Å². The van der Waals surface area contributed by atoms with E-state index in [1.165, 1.54) is 18.5 Å². The zero-order chi connectivity index (χ0) is 13.3. The number of nitrogens with zero attached hydrogens (tertiary/aromatic N) is 1. The molecule has 2 heterocycles. The van der Waals surface area contributed by atoms with Crippen LogP contribution in [0.3, 0.4) is 0 Å². The monoisotopic (exact) mass is 266 g/mol. The first-order chi connectivity index (χ1) is 8.50. The number of carboxylic acid groups (broad SMARTS) is 2. The Morgan fingerprint density at radius 3 is 2.61 bits per heavy atom. The molecule has 2 aromatic heterocycles. The molecule has 3 N–H and O–H groups in total. The largest absolute Gasteiger partial charge is 0.478 e. The number of carbonyl (C=O) groups is 3. The van der Waals surface area contributed by atoms with E-state index in [0.29, 0.717) is 10.1 Å². The van der Waals surface area contributed by atoms with E-state index in [1.807, 2.05) is 0 Å². The van der Waals surface area contributed by atoms with E-state index in [-0.39, 0.29) is 10.6 Å². The van der Waals surface area contributed by atoms with Crippen LogP contribution in [-0.2, 0) is 9.59 Å². The van der Waals surface area contributed by atoms with Crippen molar-refractivity contribution in [2.45, 2.75) is 0 Å². The summed E-state index contributed by atoms with van der Waals surface area (Å²) >= 11 is 0.959. The van der Waals surface area contributed by atoms with E-state index >= 15 is 0 Å². The average molecular weight is 266 g/mol. The highest BCUT2D eigenvalue weighted by Gasteiger charge is 2.22. The van der Waals surface area contributed by atoms with Crippen molar-refractivity contribution in [1.29, 1.82) is 0 Å². The minimum Gasteiger partial charge on any atom is -0.478 e. The minimum absolute atomic E-state index is 0.0158. The van der Waals surface area contributed by atoms with Crippen molar-refractivity contribution >= 4 is 44.3 Å². The lowest BCUT2D eigenvalue weighted by molar-refractivity contribution is -0.147. The van der Waals surface area contributed by atoms with Gasteiger partial charge in [-0.3, -0.25) is 9.78 Å². The van der Waals surface area contributed by atoms with Crippen molar-refractivity contribution in [2.75, 3.05) is 5.32 Å². The third kappa shape index (κ3) is 2.00. The van der Waals surface area contributed by atoms with Gasteiger partial charge in [0, 0.05) is 17.8 Å². The van der Waals surface area contributed by atoms with Gasteiger partial charge in [0.2, 0.25) is 0 Å². The standard InChI is InChI=1S/C10H6N2O5S/c13-7(10(16)17)12-8-6(9(14)15)4-1-2-11-3-5(4)18-8/h1-3H,(H,12,13)(H,14,15)(H,16,17). The molecular weight excluding hydrogens is 260 g/mol. The summed E-state index contributed by atoms with van der Waals surface area (Å²) in [4.78, 5) is 36.4. The molecule has 0 spiro atoms. The fourth-order valence-electron chi connectivity index (χ4n) is 1.41. The lowest BCUT2D eigenvalue weighted by Gasteiger charge is -1.99. The predicted octanol–water partition coefficient (Wildman–Crippen LogP) is 1.02. The Bertz CT molecular complexity index is 663. The van der Waals surface area contributed by atoms with Crippen molar-refractivity contribution in [3.05, 3.63) is 24.0 Å². The van der Waals surface area contributed by atoms with Crippen molar-refractivity contribution < 1.29 is 24.6 Å². The number of aromatic carboxylic acids is 1. The number of fused-ring (bicyclic) bond motifs is 1. The number of pyridine rings is 1. The summed E-state index contributed by atoms with van der Waals surface area (Å²) in [6.07, 6.45) is 2.87. The molecule has 0 saturated carbocycles. The molecule has 0 aromatic carbocycles. The number of hydrogen-bond donors (Lipinski definition) is 3. The van der Waals surface area contributed by atoms with E-state index in [2.05, 4.69) is 10.3 Å². The number of aliphatic carboxylic acids is 1. The second-order valence-electron chi connectivity index (χ2n) is 3.24. The second kappa shape index (κ2) is 4.41. The van der Waals surface area contributed by atoms with Gasteiger partial charge in [0.25, 0.3) is 0 Å². The SMILES string of the molecule is O=C(O)C(=O)Nc1sc2cnccc2c1C(=O)O. The molecule has 2 aromatic rings. The third-order valence-corrected chi connectivity index (χ3v) is 3.18. The van der Waals surface area contributed by atoms with E-state index in [0.717, 1.165) is 11.3 Å².